The predicted octanol–water partition coefficient (Wildman–Crippen LogP) is 3.71. The second-order valence-electron chi connectivity index (χ2n) is 9.30. The van der Waals surface area contributed by atoms with E-state index in [1.807, 2.05) is 0 Å². The average Bonchev–Trinajstić information content (AvgIpc) is 3.39. The molecular weight excluding hydrogens is 487 g/mol. The van der Waals surface area contributed by atoms with E-state index < -0.39 is 25.0 Å². The molecule has 0 radical (unpaired) electrons. The van der Waals surface area contributed by atoms with E-state index >= 15 is 0 Å². The van der Waals surface area contributed by atoms with Crippen molar-refractivity contribution in [3.05, 3.63) is 23.9 Å². The van der Waals surface area contributed by atoms with Gasteiger partial charge in [-0.3, -0.25) is 0 Å². The van der Waals surface area contributed by atoms with Crippen LogP contribution in [0.2, 0.25) is 0 Å². The van der Waals surface area contributed by atoms with Gasteiger partial charge in [0.2, 0.25) is 5.82 Å². The Morgan fingerprint density at radius 3 is 2.33 bits per heavy atom. The maximum atomic E-state index is 13.0. The molecule has 0 aromatic carbocycles. The number of fused-ring (bicyclic) bond motifs is 1. The van der Waals surface area contributed by atoms with Crippen molar-refractivity contribution >= 4 is 22.7 Å². The lowest BCUT2D eigenvalue weighted by Crippen LogP contribution is -2.42. The first-order valence-corrected chi connectivity index (χ1v) is 11.5. The summed E-state index contributed by atoms with van der Waals surface area (Å²) in [7, 11) is 1.40. The predicted molar refractivity (Wildman–Crippen MR) is 120 cm³/mol. The Labute approximate surface area is 203 Å². The van der Waals surface area contributed by atoms with E-state index in [0.717, 1.165) is 23.9 Å². The standard InChI is InChI=1S/C22H25F5N8O/c1-13-14(9-29-20(30-13)22(25,26)27)34-8-5-21(12-34)3-6-33(7-4-21)16-10-28-17-18(31-16)35(11-15(23)24)32-19(17)36-2/h9-10,15H,3-8,11-12H2,1-2H3. The highest BCUT2D eigenvalue weighted by Gasteiger charge is 2.42. The zero-order valence-corrected chi connectivity index (χ0v) is 19.8. The van der Waals surface area contributed by atoms with Gasteiger partial charge in [-0.15, -0.1) is 5.10 Å². The molecule has 2 aliphatic heterocycles. The fraction of sp³-hybridized carbons (Fsp3) is 0.591. The van der Waals surface area contributed by atoms with Crippen molar-refractivity contribution in [1.29, 1.82) is 0 Å². The van der Waals surface area contributed by atoms with Crippen LogP contribution in [-0.4, -0.2) is 69.4 Å². The summed E-state index contributed by atoms with van der Waals surface area (Å²) in [6.45, 7) is 3.77. The molecule has 1 spiro atoms. The Morgan fingerprint density at radius 1 is 1.03 bits per heavy atom. The van der Waals surface area contributed by atoms with Gasteiger partial charge < -0.3 is 14.5 Å². The number of rotatable bonds is 5. The highest BCUT2D eigenvalue weighted by molar-refractivity contribution is 5.77. The maximum Gasteiger partial charge on any atom is 0.451 e. The van der Waals surface area contributed by atoms with Crippen molar-refractivity contribution in [3.8, 4) is 5.88 Å². The molecular formula is C22H25F5N8O. The lowest BCUT2D eigenvalue weighted by molar-refractivity contribution is -0.145. The van der Waals surface area contributed by atoms with E-state index in [2.05, 4.69) is 34.8 Å². The highest BCUT2D eigenvalue weighted by atomic mass is 19.4. The third-order valence-electron chi connectivity index (χ3n) is 7.04. The molecule has 3 aromatic heterocycles. The summed E-state index contributed by atoms with van der Waals surface area (Å²) >= 11 is 0. The molecule has 0 unspecified atom stereocenters. The molecule has 14 heteroatoms. The van der Waals surface area contributed by atoms with E-state index in [0.29, 0.717) is 48.9 Å². The van der Waals surface area contributed by atoms with E-state index in [9.17, 15) is 22.0 Å². The van der Waals surface area contributed by atoms with Gasteiger partial charge in [0, 0.05) is 26.2 Å². The van der Waals surface area contributed by atoms with Crippen molar-refractivity contribution in [2.45, 2.75) is 45.3 Å². The second-order valence-corrected chi connectivity index (χ2v) is 9.30. The van der Waals surface area contributed by atoms with Gasteiger partial charge >= 0.3 is 6.18 Å². The van der Waals surface area contributed by atoms with Gasteiger partial charge in [0.25, 0.3) is 12.3 Å². The average molecular weight is 512 g/mol. The van der Waals surface area contributed by atoms with E-state index in [-0.39, 0.29) is 16.9 Å². The minimum absolute atomic E-state index is 0.0177. The first-order chi connectivity index (χ1) is 17.1. The van der Waals surface area contributed by atoms with Crippen molar-refractivity contribution < 1.29 is 26.7 Å². The number of ether oxygens (including phenoxy) is 1. The zero-order chi connectivity index (χ0) is 25.7. The molecule has 0 bridgehead atoms. The molecule has 0 saturated carbocycles. The second kappa shape index (κ2) is 8.96. The number of hydrogen-bond acceptors (Lipinski definition) is 8. The Morgan fingerprint density at radius 2 is 1.72 bits per heavy atom. The molecule has 2 fully saturated rings. The van der Waals surface area contributed by atoms with Crippen molar-refractivity contribution in [3.63, 3.8) is 0 Å². The number of anilines is 2. The van der Waals surface area contributed by atoms with Gasteiger partial charge in [0.1, 0.15) is 12.4 Å². The maximum absolute atomic E-state index is 13.0. The summed E-state index contributed by atoms with van der Waals surface area (Å²) in [5.74, 6) is -0.398. The number of nitrogens with zero attached hydrogens (tertiary/aromatic N) is 8. The third kappa shape index (κ3) is 4.48. The molecule has 5 rings (SSSR count). The van der Waals surface area contributed by atoms with Crippen LogP contribution in [0, 0.1) is 12.3 Å². The summed E-state index contributed by atoms with van der Waals surface area (Å²) in [5, 5.41) is 4.05. The van der Waals surface area contributed by atoms with Gasteiger partial charge in [-0.25, -0.2) is 33.4 Å². The molecule has 0 aliphatic carbocycles. The van der Waals surface area contributed by atoms with Gasteiger partial charge in [-0.2, -0.15) is 13.2 Å². The lowest BCUT2D eigenvalue weighted by Gasteiger charge is -2.39. The zero-order valence-electron chi connectivity index (χ0n) is 19.8. The van der Waals surface area contributed by atoms with Crippen molar-refractivity contribution in [1.82, 2.24) is 29.7 Å². The number of aryl methyl sites for hydroxylation is 1. The fourth-order valence-corrected chi connectivity index (χ4v) is 5.12. The normalized spacial score (nSPS) is 18.1. The molecule has 36 heavy (non-hydrogen) atoms. The van der Waals surface area contributed by atoms with Crippen LogP contribution in [0.5, 0.6) is 5.88 Å². The van der Waals surface area contributed by atoms with Crippen LogP contribution >= 0.6 is 0 Å². The highest BCUT2D eigenvalue weighted by Crippen LogP contribution is 2.43. The summed E-state index contributed by atoms with van der Waals surface area (Å²) in [4.78, 5) is 20.3. The van der Waals surface area contributed by atoms with E-state index in [1.165, 1.54) is 13.3 Å². The topological polar surface area (TPSA) is 85.1 Å². The monoisotopic (exact) mass is 512 g/mol. The molecule has 2 saturated heterocycles. The quantitative estimate of drug-likeness (QED) is 0.479. The first kappa shape index (κ1) is 24.4. The minimum atomic E-state index is -4.57. The van der Waals surface area contributed by atoms with Crippen LogP contribution in [0.1, 0.15) is 30.8 Å². The van der Waals surface area contributed by atoms with Gasteiger partial charge in [-0.1, -0.05) is 0 Å². The summed E-state index contributed by atoms with van der Waals surface area (Å²) in [6.07, 6.45) is -1.70. The molecule has 9 nitrogen and oxygen atoms in total. The Balaban J connectivity index is 1.29. The smallest absolute Gasteiger partial charge is 0.451 e. The van der Waals surface area contributed by atoms with Gasteiger partial charge in [0.15, 0.2) is 11.2 Å². The number of alkyl halides is 5. The van der Waals surface area contributed by atoms with Crippen LogP contribution in [0.4, 0.5) is 33.5 Å². The molecule has 194 valence electrons. The van der Waals surface area contributed by atoms with Crippen LogP contribution in [0.15, 0.2) is 12.4 Å². The Bertz CT molecular complexity index is 1260. The molecule has 0 atom stereocenters. The van der Waals surface area contributed by atoms with Crippen molar-refractivity contribution in [2.24, 2.45) is 5.41 Å². The third-order valence-corrected chi connectivity index (χ3v) is 7.04. The molecule has 3 aromatic rings. The number of aromatic nitrogens is 6. The van der Waals surface area contributed by atoms with Gasteiger partial charge in [-0.05, 0) is 31.6 Å². The van der Waals surface area contributed by atoms with Crippen LogP contribution in [0.25, 0.3) is 11.2 Å². The fourth-order valence-electron chi connectivity index (χ4n) is 5.12. The van der Waals surface area contributed by atoms with Crippen LogP contribution in [-0.2, 0) is 12.7 Å². The minimum Gasteiger partial charge on any atom is -0.478 e. The molecule has 5 heterocycles. The largest absolute Gasteiger partial charge is 0.478 e. The Hall–Kier alpha value is -3.32. The first-order valence-electron chi connectivity index (χ1n) is 11.5. The van der Waals surface area contributed by atoms with Crippen molar-refractivity contribution in [2.75, 3.05) is 43.1 Å². The SMILES string of the molecule is COc1nn(CC(F)F)c2nc(N3CCC4(CC3)CCN(c3cnc(C(F)(F)F)nc3C)C4)cnc12. The van der Waals surface area contributed by atoms with Gasteiger partial charge in [0.05, 0.1) is 30.9 Å². The van der Waals surface area contributed by atoms with E-state index in [1.54, 1.807) is 13.1 Å². The number of halogens is 5. The Kier molecular flexibility index (Phi) is 6.07. The summed E-state index contributed by atoms with van der Waals surface area (Å²) in [5.41, 5.74) is 1.53. The molecule has 2 aliphatic rings. The molecule has 0 N–H and O–H groups in total. The number of methoxy groups -OCH3 is 1. The van der Waals surface area contributed by atoms with E-state index in [4.69, 9.17) is 4.74 Å². The van der Waals surface area contributed by atoms with Crippen LogP contribution < -0.4 is 14.5 Å². The number of hydrogen-bond donors (Lipinski definition) is 0. The summed E-state index contributed by atoms with van der Waals surface area (Å²) in [6, 6.07) is 0. The lowest BCUT2D eigenvalue weighted by atomic mass is 9.78. The molecule has 0 amide bonds. The van der Waals surface area contributed by atoms with Crippen LogP contribution in [0.3, 0.4) is 0 Å². The number of piperidine rings is 1. The summed E-state index contributed by atoms with van der Waals surface area (Å²) < 4.78 is 71.1.